The fraction of sp³-hybridized carbons (Fsp3) is 0.185. The smallest absolute Gasteiger partial charge is 0.161 e. The minimum Gasteiger partial charge on any atom is -0.337 e. The number of hydrogen-bond acceptors (Lipinski definition) is 6. The van der Waals surface area contributed by atoms with E-state index in [-0.39, 0.29) is 5.69 Å². The maximum atomic E-state index is 16.0. The number of benzene rings is 1. The Kier molecular flexibility index (Phi) is 5.11. The topological polar surface area (TPSA) is 86.4 Å². The van der Waals surface area contributed by atoms with Crippen molar-refractivity contribution in [3.8, 4) is 33.2 Å². The lowest BCUT2D eigenvalue weighted by atomic mass is 10.1. The predicted octanol–water partition coefficient (Wildman–Crippen LogP) is 6.03. The van der Waals surface area contributed by atoms with Gasteiger partial charge in [0.05, 0.1) is 28.1 Å². The number of thiophene rings is 1. The minimum absolute atomic E-state index is 0.260. The van der Waals surface area contributed by atoms with Gasteiger partial charge in [-0.15, -0.1) is 11.3 Å². The summed E-state index contributed by atoms with van der Waals surface area (Å²) in [6.45, 7) is 2.99. The number of H-pyrrole nitrogens is 2. The minimum atomic E-state index is -0.435. The Labute approximate surface area is 210 Å². The highest BCUT2D eigenvalue weighted by Crippen LogP contribution is 2.35. The molecule has 0 aliphatic carbocycles. The summed E-state index contributed by atoms with van der Waals surface area (Å²) >= 11 is 1.66. The maximum absolute atomic E-state index is 16.0. The van der Waals surface area contributed by atoms with Crippen LogP contribution >= 0.6 is 11.3 Å². The number of para-hydroxylation sites is 1. The van der Waals surface area contributed by atoms with Crippen molar-refractivity contribution in [3.05, 3.63) is 71.7 Å². The van der Waals surface area contributed by atoms with Gasteiger partial charge < -0.3 is 4.98 Å². The van der Waals surface area contributed by atoms with Gasteiger partial charge in [-0.1, -0.05) is 18.2 Å². The monoisotopic (exact) mass is 495 g/mol. The maximum Gasteiger partial charge on any atom is 0.161 e. The fourth-order valence-corrected chi connectivity index (χ4v) is 5.78. The van der Waals surface area contributed by atoms with Crippen molar-refractivity contribution in [1.82, 2.24) is 35.0 Å². The summed E-state index contributed by atoms with van der Waals surface area (Å²) in [7, 11) is 0. The third kappa shape index (κ3) is 3.59. The van der Waals surface area contributed by atoms with Crippen LogP contribution in [0, 0.1) is 5.82 Å². The van der Waals surface area contributed by atoms with Crippen molar-refractivity contribution in [2.75, 3.05) is 13.1 Å². The Morgan fingerprint density at radius 2 is 1.92 bits per heavy atom. The third-order valence-electron chi connectivity index (χ3n) is 6.74. The van der Waals surface area contributed by atoms with Crippen LogP contribution < -0.4 is 0 Å². The van der Waals surface area contributed by atoms with Crippen LogP contribution in [0.15, 0.2) is 60.4 Å². The molecule has 0 bridgehead atoms. The molecule has 6 aromatic rings. The van der Waals surface area contributed by atoms with E-state index >= 15 is 4.39 Å². The van der Waals surface area contributed by atoms with E-state index in [9.17, 15) is 0 Å². The SMILES string of the molecule is Fc1c(-c2cncc(CN3CCCC3)c2)ncc2[nH]nc(-c3nc4c(-c5cccs5)cccc4[nH]3)c12. The van der Waals surface area contributed by atoms with E-state index in [1.807, 2.05) is 41.9 Å². The lowest BCUT2D eigenvalue weighted by molar-refractivity contribution is 0.331. The summed E-state index contributed by atoms with van der Waals surface area (Å²) in [4.78, 5) is 20.5. The molecule has 7 nitrogen and oxygen atoms in total. The van der Waals surface area contributed by atoms with E-state index in [0.29, 0.717) is 28.0 Å². The zero-order valence-electron chi connectivity index (χ0n) is 19.3. The molecule has 1 aliphatic heterocycles. The number of pyridine rings is 2. The van der Waals surface area contributed by atoms with Crippen molar-refractivity contribution in [2.24, 2.45) is 0 Å². The number of aromatic amines is 2. The van der Waals surface area contributed by atoms with Crippen LogP contribution in [0.5, 0.6) is 0 Å². The summed E-state index contributed by atoms with van der Waals surface area (Å²) in [6.07, 6.45) is 7.58. The number of rotatable bonds is 5. The van der Waals surface area contributed by atoms with Crippen LogP contribution in [0.25, 0.3) is 55.2 Å². The summed E-state index contributed by atoms with van der Waals surface area (Å²) in [5, 5.41) is 9.74. The van der Waals surface area contributed by atoms with Crippen molar-refractivity contribution < 1.29 is 4.39 Å². The molecule has 0 unspecified atom stereocenters. The van der Waals surface area contributed by atoms with Crippen LogP contribution in [0.2, 0.25) is 0 Å². The van der Waals surface area contributed by atoms with Gasteiger partial charge in [0.2, 0.25) is 0 Å². The normalized spacial score (nSPS) is 14.4. The molecular weight excluding hydrogens is 473 g/mol. The molecule has 0 saturated carbocycles. The zero-order chi connectivity index (χ0) is 24.1. The van der Waals surface area contributed by atoms with Gasteiger partial charge in [-0.3, -0.25) is 20.0 Å². The van der Waals surface area contributed by atoms with Gasteiger partial charge in [0, 0.05) is 34.9 Å². The molecule has 1 aromatic carbocycles. The highest BCUT2D eigenvalue weighted by molar-refractivity contribution is 7.13. The first-order valence-electron chi connectivity index (χ1n) is 12.0. The van der Waals surface area contributed by atoms with Gasteiger partial charge in [0.1, 0.15) is 11.4 Å². The number of aromatic nitrogens is 6. The van der Waals surface area contributed by atoms with E-state index in [0.717, 1.165) is 46.7 Å². The Morgan fingerprint density at radius 3 is 2.78 bits per heavy atom. The van der Waals surface area contributed by atoms with Gasteiger partial charge in [-0.05, 0) is 55.1 Å². The molecule has 1 aliphatic rings. The van der Waals surface area contributed by atoms with Crippen LogP contribution in [0.1, 0.15) is 18.4 Å². The van der Waals surface area contributed by atoms with Crippen LogP contribution in [-0.2, 0) is 6.54 Å². The van der Waals surface area contributed by atoms with E-state index in [2.05, 4.69) is 36.1 Å². The lowest BCUT2D eigenvalue weighted by Crippen LogP contribution is -2.18. The number of nitrogens with one attached hydrogen (secondary N) is 2. The summed E-state index contributed by atoms with van der Waals surface area (Å²) < 4.78 is 16.0. The molecule has 6 heterocycles. The fourth-order valence-electron chi connectivity index (χ4n) is 5.03. The summed E-state index contributed by atoms with van der Waals surface area (Å²) in [5.74, 6) is 0.0764. The standard InChI is InChI=1S/C27H22FN7S/c28-23-22-20(14-30-24(23)17-11-16(12-29-13-17)15-35-8-1-2-9-35)33-34-26(22)27-31-19-6-3-5-18(25(19)32-27)21-7-4-10-36-21/h3-7,10-14H,1-2,8-9,15H2,(H,31,32)(H,33,34). The predicted molar refractivity (Wildman–Crippen MR) is 140 cm³/mol. The number of imidazole rings is 1. The van der Waals surface area contributed by atoms with Crippen LogP contribution in [0.3, 0.4) is 0 Å². The van der Waals surface area contributed by atoms with Crippen molar-refractivity contribution in [3.63, 3.8) is 0 Å². The van der Waals surface area contributed by atoms with Gasteiger partial charge in [0.25, 0.3) is 0 Å². The highest BCUT2D eigenvalue weighted by atomic mass is 32.1. The van der Waals surface area contributed by atoms with Crippen molar-refractivity contribution >= 4 is 33.3 Å². The molecule has 178 valence electrons. The molecule has 0 atom stereocenters. The second-order valence-electron chi connectivity index (χ2n) is 9.11. The molecule has 1 saturated heterocycles. The van der Waals surface area contributed by atoms with E-state index in [1.165, 1.54) is 12.8 Å². The largest absolute Gasteiger partial charge is 0.337 e. The second kappa shape index (κ2) is 8.61. The molecule has 5 aromatic heterocycles. The number of hydrogen-bond donors (Lipinski definition) is 2. The summed E-state index contributed by atoms with van der Waals surface area (Å²) in [5.41, 5.74) is 5.67. The first-order valence-corrected chi connectivity index (χ1v) is 12.8. The number of fused-ring (bicyclic) bond motifs is 2. The average molecular weight is 496 g/mol. The highest BCUT2D eigenvalue weighted by Gasteiger charge is 2.22. The zero-order valence-corrected chi connectivity index (χ0v) is 20.1. The Bertz CT molecular complexity index is 1700. The first kappa shape index (κ1) is 21.3. The van der Waals surface area contributed by atoms with Crippen LogP contribution in [0.4, 0.5) is 4.39 Å². The molecule has 9 heteroatoms. The van der Waals surface area contributed by atoms with Crippen LogP contribution in [-0.4, -0.2) is 48.1 Å². The Balaban J connectivity index is 1.32. The van der Waals surface area contributed by atoms with Gasteiger partial charge in [0.15, 0.2) is 11.6 Å². The molecule has 0 amide bonds. The molecule has 36 heavy (non-hydrogen) atoms. The quantitative estimate of drug-likeness (QED) is 0.305. The molecule has 0 radical (unpaired) electrons. The molecule has 7 rings (SSSR count). The molecule has 1 fully saturated rings. The van der Waals surface area contributed by atoms with Gasteiger partial charge >= 0.3 is 0 Å². The molecule has 0 spiro atoms. The third-order valence-corrected chi connectivity index (χ3v) is 7.64. The number of halogens is 1. The lowest BCUT2D eigenvalue weighted by Gasteiger charge is -2.14. The molecular formula is C27H22FN7S. The Hall–Kier alpha value is -3.95. The first-order chi connectivity index (χ1) is 17.7. The van der Waals surface area contributed by atoms with Gasteiger partial charge in [-0.25, -0.2) is 9.37 Å². The average Bonchev–Trinajstić information content (AvgIpc) is 3.70. The number of likely N-dealkylation sites (tertiary alicyclic amines) is 1. The van der Waals surface area contributed by atoms with E-state index < -0.39 is 5.82 Å². The van der Waals surface area contributed by atoms with Gasteiger partial charge in [-0.2, -0.15) is 5.10 Å². The van der Waals surface area contributed by atoms with E-state index in [4.69, 9.17) is 4.98 Å². The van der Waals surface area contributed by atoms with Crippen molar-refractivity contribution in [1.29, 1.82) is 0 Å². The number of nitrogens with zero attached hydrogens (tertiary/aromatic N) is 5. The molecule has 2 N–H and O–H groups in total. The van der Waals surface area contributed by atoms with E-state index in [1.54, 1.807) is 23.7 Å². The summed E-state index contributed by atoms with van der Waals surface area (Å²) in [6, 6.07) is 12.1. The van der Waals surface area contributed by atoms with Crippen molar-refractivity contribution in [2.45, 2.75) is 19.4 Å². The second-order valence-corrected chi connectivity index (χ2v) is 10.1. The Morgan fingerprint density at radius 1 is 1.00 bits per heavy atom.